The van der Waals surface area contributed by atoms with Gasteiger partial charge in [-0.1, -0.05) is 18.6 Å². The van der Waals surface area contributed by atoms with Gasteiger partial charge < -0.3 is 10.2 Å². The molecule has 122 valence electrons. The molecule has 4 heteroatoms. The lowest BCUT2D eigenvalue weighted by Crippen LogP contribution is -2.46. The SMILES string of the molecule is CC/C=C(/C)C(C)(C)NC(=O)C1C2CN(C(=O)C3CC3)CC21. The van der Waals surface area contributed by atoms with E-state index in [1.807, 2.05) is 4.90 Å². The molecule has 1 N–H and O–H groups in total. The van der Waals surface area contributed by atoms with Gasteiger partial charge in [0.2, 0.25) is 11.8 Å². The fourth-order valence-electron chi connectivity index (χ4n) is 3.73. The third-order valence-corrected chi connectivity index (χ3v) is 5.67. The van der Waals surface area contributed by atoms with Crippen molar-refractivity contribution in [3.63, 3.8) is 0 Å². The lowest BCUT2D eigenvalue weighted by molar-refractivity contribution is -0.133. The quantitative estimate of drug-likeness (QED) is 0.793. The zero-order chi connectivity index (χ0) is 16.1. The minimum absolute atomic E-state index is 0.122. The van der Waals surface area contributed by atoms with E-state index in [0.29, 0.717) is 23.7 Å². The van der Waals surface area contributed by atoms with E-state index in [2.05, 4.69) is 39.1 Å². The maximum absolute atomic E-state index is 12.5. The molecule has 2 atom stereocenters. The molecular formula is C18H28N2O2. The van der Waals surface area contributed by atoms with E-state index >= 15 is 0 Å². The molecule has 2 aliphatic carbocycles. The number of amides is 2. The topological polar surface area (TPSA) is 49.4 Å². The highest BCUT2D eigenvalue weighted by Gasteiger charge is 2.61. The van der Waals surface area contributed by atoms with Crippen LogP contribution in [0.5, 0.6) is 0 Å². The number of piperidine rings is 1. The van der Waals surface area contributed by atoms with Crippen molar-refractivity contribution in [1.29, 1.82) is 0 Å². The summed E-state index contributed by atoms with van der Waals surface area (Å²) in [5.74, 6) is 1.71. The number of carbonyl (C=O) groups is 2. The Morgan fingerprint density at radius 3 is 2.32 bits per heavy atom. The molecular weight excluding hydrogens is 276 g/mol. The van der Waals surface area contributed by atoms with Crippen LogP contribution in [0.1, 0.15) is 47.0 Å². The molecule has 0 spiro atoms. The average Bonchev–Trinajstić information content (AvgIpc) is 3.36. The molecule has 0 aromatic heterocycles. The van der Waals surface area contributed by atoms with Crippen LogP contribution in [-0.4, -0.2) is 35.3 Å². The van der Waals surface area contributed by atoms with Crippen LogP contribution in [0.2, 0.25) is 0 Å². The molecule has 2 amide bonds. The third-order valence-electron chi connectivity index (χ3n) is 5.67. The van der Waals surface area contributed by atoms with Crippen LogP contribution in [0.15, 0.2) is 11.6 Å². The molecule has 22 heavy (non-hydrogen) atoms. The molecule has 0 bridgehead atoms. The maximum Gasteiger partial charge on any atom is 0.225 e. The van der Waals surface area contributed by atoms with Gasteiger partial charge in [0.05, 0.1) is 5.54 Å². The van der Waals surface area contributed by atoms with Crippen LogP contribution < -0.4 is 5.32 Å². The molecule has 1 heterocycles. The van der Waals surface area contributed by atoms with Crippen molar-refractivity contribution in [1.82, 2.24) is 10.2 Å². The Balaban J connectivity index is 1.52. The van der Waals surface area contributed by atoms with E-state index in [-0.39, 0.29) is 17.4 Å². The molecule has 3 rings (SSSR count). The summed E-state index contributed by atoms with van der Waals surface area (Å²) in [6.07, 6.45) is 5.28. The van der Waals surface area contributed by atoms with Crippen molar-refractivity contribution in [3.8, 4) is 0 Å². The van der Waals surface area contributed by atoms with Gasteiger partial charge in [-0.05, 0) is 51.9 Å². The fraction of sp³-hybridized carbons (Fsp3) is 0.778. The molecule has 2 unspecified atom stereocenters. The molecule has 1 aliphatic heterocycles. The maximum atomic E-state index is 12.5. The van der Waals surface area contributed by atoms with Gasteiger partial charge in [0.15, 0.2) is 0 Å². The summed E-state index contributed by atoms with van der Waals surface area (Å²) in [6, 6.07) is 0. The smallest absolute Gasteiger partial charge is 0.225 e. The Bertz CT molecular complexity index is 507. The second-order valence-corrected chi connectivity index (χ2v) is 7.78. The number of allylic oxidation sites excluding steroid dienone is 1. The van der Waals surface area contributed by atoms with Crippen LogP contribution in [0.3, 0.4) is 0 Å². The number of likely N-dealkylation sites (tertiary alicyclic amines) is 1. The van der Waals surface area contributed by atoms with Gasteiger partial charge in [0.1, 0.15) is 0 Å². The zero-order valence-electron chi connectivity index (χ0n) is 14.2. The number of nitrogens with one attached hydrogen (secondary N) is 1. The van der Waals surface area contributed by atoms with E-state index < -0.39 is 0 Å². The highest BCUT2D eigenvalue weighted by Crippen LogP contribution is 2.52. The van der Waals surface area contributed by atoms with Crippen molar-refractivity contribution < 1.29 is 9.59 Å². The van der Waals surface area contributed by atoms with Gasteiger partial charge in [0.25, 0.3) is 0 Å². The van der Waals surface area contributed by atoms with E-state index in [1.165, 1.54) is 5.57 Å². The zero-order valence-corrected chi connectivity index (χ0v) is 14.2. The highest BCUT2D eigenvalue weighted by atomic mass is 16.2. The summed E-state index contributed by atoms with van der Waals surface area (Å²) in [7, 11) is 0. The normalized spacial score (nSPS) is 31.0. The number of nitrogens with zero attached hydrogens (tertiary/aromatic N) is 1. The van der Waals surface area contributed by atoms with Gasteiger partial charge >= 0.3 is 0 Å². The van der Waals surface area contributed by atoms with E-state index in [9.17, 15) is 9.59 Å². The molecule has 2 saturated carbocycles. The van der Waals surface area contributed by atoms with Crippen molar-refractivity contribution >= 4 is 11.8 Å². The van der Waals surface area contributed by atoms with E-state index in [0.717, 1.165) is 32.4 Å². The fourth-order valence-corrected chi connectivity index (χ4v) is 3.73. The summed E-state index contributed by atoms with van der Waals surface area (Å²) in [4.78, 5) is 26.6. The van der Waals surface area contributed by atoms with Crippen molar-refractivity contribution in [2.75, 3.05) is 13.1 Å². The van der Waals surface area contributed by atoms with Gasteiger partial charge in [-0.15, -0.1) is 0 Å². The van der Waals surface area contributed by atoms with Crippen LogP contribution in [0, 0.1) is 23.7 Å². The molecule has 3 fully saturated rings. The van der Waals surface area contributed by atoms with Gasteiger partial charge in [-0.25, -0.2) is 0 Å². The standard InChI is InChI=1S/C18H28N2O2/c1-5-6-11(2)18(3,4)19-16(21)15-13-9-20(10-14(13)15)17(22)12-7-8-12/h6,12-15H,5,7-10H2,1-4H3,(H,19,21)/b11-6-. The lowest BCUT2D eigenvalue weighted by atomic mass is 9.94. The summed E-state index contributed by atoms with van der Waals surface area (Å²) in [5, 5.41) is 3.20. The Hall–Kier alpha value is -1.32. The van der Waals surface area contributed by atoms with E-state index in [4.69, 9.17) is 0 Å². The highest BCUT2D eigenvalue weighted by molar-refractivity contribution is 5.86. The van der Waals surface area contributed by atoms with Crippen LogP contribution in [0.25, 0.3) is 0 Å². The molecule has 4 nitrogen and oxygen atoms in total. The van der Waals surface area contributed by atoms with Crippen LogP contribution in [-0.2, 0) is 9.59 Å². The van der Waals surface area contributed by atoms with Gasteiger partial charge in [-0.2, -0.15) is 0 Å². The summed E-state index contributed by atoms with van der Waals surface area (Å²) in [6.45, 7) is 9.90. The van der Waals surface area contributed by atoms with Gasteiger partial charge in [-0.3, -0.25) is 9.59 Å². The predicted molar refractivity (Wildman–Crippen MR) is 86.0 cm³/mol. The van der Waals surface area contributed by atoms with Crippen molar-refractivity contribution in [3.05, 3.63) is 11.6 Å². The average molecular weight is 304 g/mol. The number of hydrogen-bond acceptors (Lipinski definition) is 2. The Morgan fingerprint density at radius 2 is 1.82 bits per heavy atom. The summed E-state index contributed by atoms with van der Waals surface area (Å²) in [5.41, 5.74) is 0.924. The number of carbonyl (C=O) groups excluding carboxylic acids is 2. The van der Waals surface area contributed by atoms with Crippen LogP contribution in [0.4, 0.5) is 0 Å². The first-order valence-electron chi connectivity index (χ1n) is 8.63. The molecule has 3 aliphatic rings. The summed E-state index contributed by atoms with van der Waals surface area (Å²) >= 11 is 0. The van der Waals surface area contributed by atoms with Gasteiger partial charge in [0, 0.05) is 24.9 Å². The first-order valence-corrected chi connectivity index (χ1v) is 8.63. The Morgan fingerprint density at radius 1 is 1.23 bits per heavy atom. The summed E-state index contributed by atoms with van der Waals surface area (Å²) < 4.78 is 0. The van der Waals surface area contributed by atoms with Crippen molar-refractivity contribution in [2.24, 2.45) is 23.7 Å². The lowest BCUT2D eigenvalue weighted by Gasteiger charge is -2.28. The number of fused-ring (bicyclic) bond motifs is 1. The first kappa shape index (κ1) is 15.6. The van der Waals surface area contributed by atoms with E-state index in [1.54, 1.807) is 0 Å². The second kappa shape index (κ2) is 5.39. The third kappa shape index (κ3) is 2.80. The molecule has 0 aromatic carbocycles. The van der Waals surface area contributed by atoms with Crippen LogP contribution >= 0.6 is 0 Å². The second-order valence-electron chi connectivity index (χ2n) is 7.78. The van der Waals surface area contributed by atoms with Crippen molar-refractivity contribution in [2.45, 2.75) is 52.5 Å². The number of hydrogen-bond donors (Lipinski definition) is 1. The first-order chi connectivity index (χ1) is 10.3. The molecule has 1 saturated heterocycles. The minimum atomic E-state index is -0.284. The monoisotopic (exact) mass is 304 g/mol. The Kier molecular flexibility index (Phi) is 3.82. The molecule has 0 aromatic rings. The molecule has 0 radical (unpaired) electrons. The Labute approximate surface area is 133 Å². The number of rotatable bonds is 5. The minimum Gasteiger partial charge on any atom is -0.347 e. The largest absolute Gasteiger partial charge is 0.347 e. The predicted octanol–water partition coefficient (Wildman–Crippen LogP) is 2.35.